The van der Waals surface area contributed by atoms with Crippen LogP contribution in [0.15, 0.2) is 48.8 Å². The van der Waals surface area contributed by atoms with Gasteiger partial charge < -0.3 is 10.6 Å². The van der Waals surface area contributed by atoms with Crippen molar-refractivity contribution in [1.82, 2.24) is 25.8 Å². The number of aromatic amines is 1. The molecular weight excluding hydrogens is 362 g/mol. The molecule has 27 heavy (non-hydrogen) atoms. The first-order chi connectivity index (χ1) is 12.7. The zero-order valence-corrected chi connectivity index (χ0v) is 15.8. The molecule has 1 aliphatic rings. The summed E-state index contributed by atoms with van der Waals surface area (Å²) in [4.78, 5) is 16.7. The minimum atomic E-state index is -0.142. The second-order valence-electron chi connectivity index (χ2n) is 6.51. The number of amides is 1. The van der Waals surface area contributed by atoms with Gasteiger partial charge in [-0.2, -0.15) is 5.10 Å². The molecule has 3 aromatic rings. The Labute approximate surface area is 164 Å². The van der Waals surface area contributed by atoms with Crippen LogP contribution in [0.4, 0.5) is 0 Å². The van der Waals surface area contributed by atoms with Crippen molar-refractivity contribution in [1.29, 1.82) is 0 Å². The van der Waals surface area contributed by atoms with E-state index in [1.165, 1.54) is 0 Å². The minimum Gasteiger partial charge on any atom is -0.344 e. The van der Waals surface area contributed by atoms with Crippen LogP contribution in [-0.2, 0) is 13.0 Å². The van der Waals surface area contributed by atoms with Gasteiger partial charge in [0.15, 0.2) is 5.69 Å². The fourth-order valence-corrected chi connectivity index (χ4v) is 3.27. The van der Waals surface area contributed by atoms with E-state index in [1.54, 1.807) is 12.4 Å². The van der Waals surface area contributed by atoms with Gasteiger partial charge in [0.05, 0.1) is 6.04 Å². The number of pyridine rings is 1. The van der Waals surface area contributed by atoms with Gasteiger partial charge in [0.2, 0.25) is 0 Å². The van der Waals surface area contributed by atoms with Crippen molar-refractivity contribution in [2.45, 2.75) is 25.9 Å². The minimum absolute atomic E-state index is 0. The Morgan fingerprint density at radius 2 is 1.81 bits per heavy atom. The van der Waals surface area contributed by atoms with Crippen LogP contribution in [0.2, 0.25) is 0 Å². The molecule has 3 N–H and O–H groups in total. The Balaban J connectivity index is 0.00000210. The lowest BCUT2D eigenvalue weighted by Crippen LogP contribution is -2.30. The van der Waals surface area contributed by atoms with Crippen molar-refractivity contribution >= 4 is 18.3 Å². The van der Waals surface area contributed by atoms with Crippen LogP contribution in [0.3, 0.4) is 0 Å². The Morgan fingerprint density at radius 3 is 2.56 bits per heavy atom. The Kier molecular flexibility index (Phi) is 5.88. The van der Waals surface area contributed by atoms with E-state index in [0.717, 1.165) is 40.9 Å². The summed E-state index contributed by atoms with van der Waals surface area (Å²) in [6.45, 7) is 3.58. The van der Waals surface area contributed by atoms with Crippen molar-refractivity contribution in [3.63, 3.8) is 0 Å². The van der Waals surface area contributed by atoms with Crippen LogP contribution < -0.4 is 10.6 Å². The number of nitrogens with one attached hydrogen (secondary N) is 3. The molecule has 0 aliphatic carbocycles. The maximum Gasteiger partial charge on any atom is 0.272 e. The van der Waals surface area contributed by atoms with Gasteiger partial charge >= 0.3 is 0 Å². The molecule has 1 amide bonds. The van der Waals surface area contributed by atoms with Crippen molar-refractivity contribution in [3.05, 3.63) is 71.3 Å². The van der Waals surface area contributed by atoms with Gasteiger partial charge in [-0.3, -0.25) is 14.9 Å². The number of halogens is 1. The van der Waals surface area contributed by atoms with Crippen molar-refractivity contribution in [2.24, 2.45) is 0 Å². The maximum atomic E-state index is 12.6. The number of H-pyrrole nitrogens is 1. The number of rotatable bonds is 4. The molecule has 3 heterocycles. The Hall–Kier alpha value is -2.70. The number of benzene rings is 1. The van der Waals surface area contributed by atoms with Gasteiger partial charge in [-0.1, -0.05) is 24.3 Å². The highest BCUT2D eigenvalue weighted by Crippen LogP contribution is 2.22. The van der Waals surface area contributed by atoms with E-state index in [4.69, 9.17) is 0 Å². The molecule has 0 bridgehead atoms. The second kappa shape index (κ2) is 8.33. The van der Waals surface area contributed by atoms with Crippen LogP contribution >= 0.6 is 12.4 Å². The van der Waals surface area contributed by atoms with Crippen LogP contribution in [0.25, 0.3) is 11.1 Å². The van der Waals surface area contributed by atoms with Crippen LogP contribution in [-0.4, -0.2) is 27.6 Å². The van der Waals surface area contributed by atoms with Gasteiger partial charge in [0, 0.05) is 43.2 Å². The molecule has 0 saturated carbocycles. The molecule has 0 spiro atoms. The smallest absolute Gasteiger partial charge is 0.272 e. The highest BCUT2D eigenvalue weighted by Gasteiger charge is 2.22. The Morgan fingerprint density at radius 1 is 1.11 bits per heavy atom. The van der Waals surface area contributed by atoms with Gasteiger partial charge in [-0.05, 0) is 35.7 Å². The zero-order valence-electron chi connectivity index (χ0n) is 15.0. The summed E-state index contributed by atoms with van der Waals surface area (Å²) in [5, 5.41) is 13.5. The molecule has 1 aromatic carbocycles. The van der Waals surface area contributed by atoms with E-state index in [-0.39, 0.29) is 24.4 Å². The predicted octanol–water partition coefficient (Wildman–Crippen LogP) is 3.03. The van der Waals surface area contributed by atoms with E-state index in [9.17, 15) is 4.79 Å². The van der Waals surface area contributed by atoms with Crippen molar-refractivity contribution in [2.75, 3.05) is 6.54 Å². The molecule has 7 heteroatoms. The summed E-state index contributed by atoms with van der Waals surface area (Å²) >= 11 is 0. The van der Waals surface area contributed by atoms with Crippen LogP contribution in [0, 0.1) is 0 Å². The van der Waals surface area contributed by atoms with E-state index >= 15 is 0 Å². The molecule has 2 aromatic heterocycles. The average molecular weight is 384 g/mol. The number of carbonyl (C=O) groups is 1. The van der Waals surface area contributed by atoms with E-state index in [1.807, 2.05) is 31.2 Å². The third-order valence-corrected chi connectivity index (χ3v) is 4.79. The molecule has 1 unspecified atom stereocenters. The number of hydrogen-bond acceptors (Lipinski definition) is 4. The number of fused-ring (bicyclic) bond motifs is 1. The summed E-state index contributed by atoms with van der Waals surface area (Å²) in [6.07, 6.45) is 4.44. The molecule has 0 saturated heterocycles. The van der Waals surface area contributed by atoms with Crippen LogP contribution in [0.5, 0.6) is 0 Å². The normalized spacial score (nSPS) is 14.0. The van der Waals surface area contributed by atoms with E-state index < -0.39 is 0 Å². The summed E-state index contributed by atoms with van der Waals surface area (Å²) in [7, 11) is 0. The zero-order chi connectivity index (χ0) is 17.9. The summed E-state index contributed by atoms with van der Waals surface area (Å²) < 4.78 is 0. The Bertz CT molecular complexity index is 908. The molecule has 140 valence electrons. The fourth-order valence-electron chi connectivity index (χ4n) is 3.27. The van der Waals surface area contributed by atoms with Gasteiger partial charge in [-0.25, -0.2) is 0 Å². The standard InChI is InChI=1S/C20H21N5O.ClH/c1-13(14-2-4-15(5-3-14)16-6-9-21-10-7-16)23-20(26)19-17-12-22-11-8-18(17)24-25-19;/h2-7,9-10,13,22H,8,11-12H2,1H3,(H,23,26)(H,24,25);1H. The lowest BCUT2D eigenvalue weighted by atomic mass is 10.0. The maximum absolute atomic E-state index is 12.6. The van der Waals surface area contributed by atoms with E-state index in [2.05, 4.69) is 37.9 Å². The average Bonchev–Trinajstić information content (AvgIpc) is 3.13. The number of carbonyl (C=O) groups excluding carboxylic acids is 1. The molecular formula is C20H22ClN5O. The predicted molar refractivity (Wildman–Crippen MR) is 107 cm³/mol. The monoisotopic (exact) mass is 383 g/mol. The largest absolute Gasteiger partial charge is 0.344 e. The molecule has 1 aliphatic heterocycles. The third kappa shape index (κ3) is 4.02. The summed E-state index contributed by atoms with van der Waals surface area (Å²) in [5.41, 5.74) is 5.84. The highest BCUT2D eigenvalue weighted by atomic mass is 35.5. The summed E-state index contributed by atoms with van der Waals surface area (Å²) in [5.74, 6) is -0.142. The lowest BCUT2D eigenvalue weighted by molar-refractivity contribution is 0.0933. The fraction of sp³-hybridized carbons (Fsp3) is 0.250. The van der Waals surface area contributed by atoms with Gasteiger partial charge in [0.1, 0.15) is 0 Å². The lowest BCUT2D eigenvalue weighted by Gasteiger charge is -2.16. The second-order valence-corrected chi connectivity index (χ2v) is 6.51. The number of aromatic nitrogens is 3. The SMILES string of the molecule is CC(NC(=O)c1n[nH]c2c1CNCC2)c1ccc(-c2ccncc2)cc1.Cl. The molecule has 1 atom stereocenters. The van der Waals surface area contributed by atoms with E-state index in [0.29, 0.717) is 12.2 Å². The first-order valence-electron chi connectivity index (χ1n) is 8.80. The van der Waals surface area contributed by atoms with Crippen molar-refractivity contribution < 1.29 is 4.79 Å². The molecule has 0 radical (unpaired) electrons. The summed E-state index contributed by atoms with van der Waals surface area (Å²) in [6, 6.07) is 12.1. The number of hydrogen-bond donors (Lipinski definition) is 3. The molecule has 4 rings (SSSR count). The van der Waals surface area contributed by atoms with Gasteiger partial charge in [0.25, 0.3) is 5.91 Å². The van der Waals surface area contributed by atoms with Crippen molar-refractivity contribution in [3.8, 4) is 11.1 Å². The molecule has 0 fully saturated rings. The third-order valence-electron chi connectivity index (χ3n) is 4.79. The van der Waals surface area contributed by atoms with Crippen LogP contribution in [0.1, 0.15) is 40.3 Å². The highest BCUT2D eigenvalue weighted by molar-refractivity contribution is 5.94. The number of nitrogens with zero attached hydrogens (tertiary/aromatic N) is 2. The first-order valence-corrected chi connectivity index (χ1v) is 8.80. The van der Waals surface area contributed by atoms with Gasteiger partial charge in [-0.15, -0.1) is 12.4 Å². The molecule has 6 nitrogen and oxygen atoms in total. The quantitative estimate of drug-likeness (QED) is 0.646. The topological polar surface area (TPSA) is 82.7 Å². The first kappa shape index (κ1) is 19.1.